The first-order chi connectivity index (χ1) is 7.65. The van der Waals surface area contributed by atoms with Crippen molar-refractivity contribution in [1.82, 2.24) is 0 Å². The monoisotopic (exact) mass is 234 g/mol. The minimum atomic E-state index is 0.186. The number of Topliss-reactive ketones (excluding diaryl/α,β-unsaturated/α-hetero) is 1. The molecule has 1 aromatic rings. The van der Waals surface area contributed by atoms with Crippen LogP contribution in [0.4, 0.5) is 0 Å². The van der Waals surface area contributed by atoms with Crippen LogP contribution in [0.25, 0.3) is 0 Å². The molecule has 2 unspecified atom stereocenters. The van der Waals surface area contributed by atoms with Crippen molar-refractivity contribution >= 4 is 17.5 Å². The van der Waals surface area contributed by atoms with Crippen LogP contribution in [-0.4, -0.2) is 11.0 Å². The van der Waals surface area contributed by atoms with Gasteiger partial charge in [0.15, 0.2) is 0 Å². The second-order valence-corrected chi connectivity index (χ2v) is 6.05. The predicted octanol–water partition coefficient (Wildman–Crippen LogP) is 3.84. The zero-order valence-corrected chi connectivity index (χ0v) is 10.7. The van der Waals surface area contributed by atoms with Crippen LogP contribution in [0.1, 0.15) is 31.7 Å². The van der Waals surface area contributed by atoms with Gasteiger partial charge in [-0.1, -0.05) is 24.6 Å². The molecule has 0 aliphatic heterocycles. The summed E-state index contributed by atoms with van der Waals surface area (Å²) >= 11 is 1.74. The molecule has 0 radical (unpaired) electrons. The zero-order valence-electron chi connectivity index (χ0n) is 9.90. The molecule has 1 saturated carbocycles. The van der Waals surface area contributed by atoms with Gasteiger partial charge in [0.1, 0.15) is 5.78 Å². The van der Waals surface area contributed by atoms with Gasteiger partial charge in [-0.05, 0) is 37.8 Å². The van der Waals surface area contributed by atoms with E-state index in [1.807, 2.05) is 0 Å². The molecule has 16 heavy (non-hydrogen) atoms. The number of ketones is 1. The van der Waals surface area contributed by atoms with Crippen LogP contribution in [0.5, 0.6) is 0 Å². The van der Waals surface area contributed by atoms with E-state index < -0.39 is 0 Å². The molecule has 0 saturated heterocycles. The number of benzene rings is 1. The first-order valence-corrected chi connectivity index (χ1v) is 6.79. The van der Waals surface area contributed by atoms with Gasteiger partial charge < -0.3 is 0 Å². The molecule has 0 bridgehead atoms. The Hall–Kier alpha value is -0.760. The summed E-state index contributed by atoms with van der Waals surface area (Å²) in [6.07, 6.45) is 2.88. The summed E-state index contributed by atoms with van der Waals surface area (Å²) in [5.41, 5.74) is 1.27. The molecular weight excluding hydrogens is 216 g/mol. The Balaban J connectivity index is 2.05. The second kappa shape index (κ2) is 5.05. The van der Waals surface area contributed by atoms with E-state index in [-0.39, 0.29) is 5.25 Å². The van der Waals surface area contributed by atoms with E-state index in [1.54, 1.807) is 11.8 Å². The summed E-state index contributed by atoms with van der Waals surface area (Å²) in [7, 11) is 0. The van der Waals surface area contributed by atoms with Gasteiger partial charge in [-0.15, -0.1) is 11.8 Å². The Labute approximate surface area is 102 Å². The summed E-state index contributed by atoms with van der Waals surface area (Å²) in [5, 5.41) is 0.186. The first-order valence-electron chi connectivity index (χ1n) is 5.91. The Kier molecular flexibility index (Phi) is 3.70. The van der Waals surface area contributed by atoms with Crippen LogP contribution < -0.4 is 0 Å². The fourth-order valence-corrected chi connectivity index (χ4v) is 3.54. The average Bonchev–Trinajstić information content (AvgIpc) is 2.24. The third-order valence-corrected chi connectivity index (χ3v) is 4.39. The molecular formula is C14H18OS. The van der Waals surface area contributed by atoms with E-state index in [0.717, 1.165) is 19.3 Å². The molecule has 1 nitrogen and oxygen atoms in total. The maximum absolute atomic E-state index is 11.8. The van der Waals surface area contributed by atoms with Gasteiger partial charge in [0.25, 0.3) is 0 Å². The predicted molar refractivity (Wildman–Crippen MR) is 68.8 cm³/mol. The van der Waals surface area contributed by atoms with Gasteiger partial charge in [-0.3, -0.25) is 4.79 Å². The average molecular weight is 234 g/mol. The highest BCUT2D eigenvalue weighted by Gasteiger charge is 2.27. The molecule has 0 spiro atoms. The summed E-state index contributed by atoms with van der Waals surface area (Å²) in [6.45, 7) is 4.34. The number of thioether (sulfide) groups is 1. The molecule has 1 aliphatic carbocycles. The lowest BCUT2D eigenvalue weighted by molar-refractivity contribution is -0.120. The van der Waals surface area contributed by atoms with Crippen LogP contribution in [0.15, 0.2) is 29.2 Å². The van der Waals surface area contributed by atoms with Crippen molar-refractivity contribution in [3.05, 3.63) is 29.8 Å². The minimum absolute atomic E-state index is 0.186. The Morgan fingerprint density at radius 1 is 1.38 bits per heavy atom. The van der Waals surface area contributed by atoms with Gasteiger partial charge >= 0.3 is 0 Å². The van der Waals surface area contributed by atoms with Gasteiger partial charge in [-0.2, -0.15) is 0 Å². The maximum Gasteiger partial charge on any atom is 0.146 e. The van der Waals surface area contributed by atoms with E-state index in [0.29, 0.717) is 11.7 Å². The smallest absolute Gasteiger partial charge is 0.146 e. The van der Waals surface area contributed by atoms with E-state index in [1.165, 1.54) is 10.5 Å². The molecule has 1 aliphatic rings. The Morgan fingerprint density at radius 2 is 2.19 bits per heavy atom. The third kappa shape index (κ3) is 2.88. The summed E-state index contributed by atoms with van der Waals surface area (Å²) in [4.78, 5) is 13.0. The Bertz CT molecular complexity index is 386. The number of hydrogen-bond donors (Lipinski definition) is 0. The largest absolute Gasteiger partial charge is 0.298 e. The molecule has 2 heteroatoms. The number of carbonyl (C=O) groups is 1. The first kappa shape index (κ1) is 11.7. The highest BCUT2D eigenvalue weighted by Crippen LogP contribution is 2.34. The lowest BCUT2D eigenvalue weighted by Gasteiger charge is -2.25. The molecule has 2 rings (SSSR count). The molecule has 0 amide bonds. The van der Waals surface area contributed by atoms with E-state index in [9.17, 15) is 4.79 Å². The zero-order chi connectivity index (χ0) is 11.5. The van der Waals surface area contributed by atoms with Gasteiger partial charge in [-0.25, -0.2) is 0 Å². The van der Waals surface area contributed by atoms with Crippen molar-refractivity contribution in [1.29, 1.82) is 0 Å². The number of carbonyl (C=O) groups excluding carboxylic acids is 1. The van der Waals surface area contributed by atoms with E-state index >= 15 is 0 Å². The summed E-state index contributed by atoms with van der Waals surface area (Å²) in [5.74, 6) is 1.13. The molecule has 1 aromatic carbocycles. The lowest BCUT2D eigenvalue weighted by Crippen LogP contribution is -2.25. The number of rotatable bonds is 2. The van der Waals surface area contributed by atoms with Crippen LogP contribution in [-0.2, 0) is 4.79 Å². The van der Waals surface area contributed by atoms with Crippen molar-refractivity contribution in [3.8, 4) is 0 Å². The van der Waals surface area contributed by atoms with Crippen molar-refractivity contribution in [2.75, 3.05) is 0 Å². The van der Waals surface area contributed by atoms with Crippen molar-refractivity contribution in [2.45, 2.75) is 43.3 Å². The highest BCUT2D eigenvalue weighted by molar-refractivity contribution is 8.00. The van der Waals surface area contributed by atoms with Crippen LogP contribution >= 0.6 is 11.8 Å². The molecule has 0 aromatic heterocycles. The molecule has 1 fully saturated rings. The van der Waals surface area contributed by atoms with Gasteiger partial charge in [0.2, 0.25) is 0 Å². The third-order valence-electron chi connectivity index (χ3n) is 3.13. The van der Waals surface area contributed by atoms with E-state index in [2.05, 4.69) is 38.1 Å². The minimum Gasteiger partial charge on any atom is -0.298 e. The standard InChI is InChI=1S/C14H18OS/c1-10-4-3-5-12(8-10)16-14-9-11(2)6-7-13(14)15/h3-5,8,11,14H,6-7,9H2,1-2H3. The normalized spacial score (nSPS) is 25.8. The summed E-state index contributed by atoms with van der Waals surface area (Å²) < 4.78 is 0. The van der Waals surface area contributed by atoms with Crippen LogP contribution in [0.2, 0.25) is 0 Å². The molecule has 0 N–H and O–H groups in total. The quantitative estimate of drug-likeness (QED) is 0.773. The molecule has 86 valence electrons. The van der Waals surface area contributed by atoms with Crippen molar-refractivity contribution < 1.29 is 4.79 Å². The van der Waals surface area contributed by atoms with Gasteiger partial charge in [0.05, 0.1) is 5.25 Å². The summed E-state index contributed by atoms with van der Waals surface area (Å²) in [6, 6.07) is 8.42. The van der Waals surface area contributed by atoms with Crippen molar-refractivity contribution in [2.24, 2.45) is 5.92 Å². The maximum atomic E-state index is 11.8. The fraction of sp³-hybridized carbons (Fsp3) is 0.500. The highest BCUT2D eigenvalue weighted by atomic mass is 32.2. The Morgan fingerprint density at radius 3 is 2.94 bits per heavy atom. The molecule has 2 atom stereocenters. The number of hydrogen-bond acceptors (Lipinski definition) is 2. The SMILES string of the molecule is Cc1cccc(SC2CC(C)CCC2=O)c1. The van der Waals surface area contributed by atoms with Crippen LogP contribution in [0.3, 0.4) is 0 Å². The van der Waals surface area contributed by atoms with Crippen LogP contribution in [0, 0.1) is 12.8 Å². The topological polar surface area (TPSA) is 17.1 Å². The fourth-order valence-electron chi connectivity index (χ4n) is 2.13. The number of aryl methyl sites for hydroxylation is 1. The lowest BCUT2D eigenvalue weighted by atomic mass is 9.90. The van der Waals surface area contributed by atoms with E-state index in [4.69, 9.17) is 0 Å². The second-order valence-electron chi connectivity index (χ2n) is 4.77. The van der Waals surface area contributed by atoms with Crippen molar-refractivity contribution in [3.63, 3.8) is 0 Å². The molecule has 0 heterocycles. The van der Waals surface area contributed by atoms with Gasteiger partial charge in [0, 0.05) is 11.3 Å².